The van der Waals surface area contributed by atoms with Gasteiger partial charge in [0.25, 0.3) is 0 Å². The molecule has 2 heterocycles. The third-order valence-corrected chi connectivity index (χ3v) is 2.01. The number of hydrogen-bond acceptors (Lipinski definition) is 2. The number of rotatable bonds is 0. The van der Waals surface area contributed by atoms with Gasteiger partial charge in [-0.25, -0.2) is 0 Å². The molecule has 0 spiro atoms. The molecule has 0 radical (unpaired) electrons. The van der Waals surface area contributed by atoms with Crippen molar-refractivity contribution in [3.63, 3.8) is 0 Å². The minimum absolute atomic E-state index is 0.574. The molecular weight excluding hydrogens is 112 g/mol. The summed E-state index contributed by atoms with van der Waals surface area (Å²) in [5.41, 5.74) is 2.73. The maximum atomic E-state index is 4.23. The smallest absolute Gasteiger partial charge is 0.108 e. The van der Waals surface area contributed by atoms with Crippen LogP contribution in [0.5, 0.6) is 0 Å². The van der Waals surface area contributed by atoms with E-state index in [2.05, 4.69) is 30.0 Å². The summed E-state index contributed by atoms with van der Waals surface area (Å²) in [6, 6.07) is 0.574. The Hall–Kier alpha value is -0.790. The van der Waals surface area contributed by atoms with Gasteiger partial charge in [0.15, 0.2) is 0 Å². The average molecular weight is 122 g/mol. The molecule has 48 valence electrons. The largest absolute Gasteiger partial charge is 0.280 e. The summed E-state index contributed by atoms with van der Waals surface area (Å²) in [5.74, 6) is 0. The highest BCUT2D eigenvalue weighted by atomic mass is 15.5. The van der Waals surface area contributed by atoms with Crippen LogP contribution >= 0.6 is 0 Å². The second-order valence-electron chi connectivity index (χ2n) is 2.71. The van der Waals surface area contributed by atoms with E-state index in [1.807, 2.05) is 0 Å². The summed E-state index contributed by atoms with van der Waals surface area (Å²) in [5, 5.41) is 6.35. The number of fused-ring (bicyclic) bond motifs is 1. The Balaban J connectivity index is 2.29. The summed E-state index contributed by atoms with van der Waals surface area (Å²) in [6.07, 6.45) is 2.24. The van der Waals surface area contributed by atoms with Crippen molar-refractivity contribution >= 4 is 5.71 Å². The minimum atomic E-state index is 0.574. The Bertz CT molecular complexity index is 203. The van der Waals surface area contributed by atoms with Gasteiger partial charge in [-0.3, -0.25) is 5.01 Å². The van der Waals surface area contributed by atoms with Gasteiger partial charge < -0.3 is 0 Å². The van der Waals surface area contributed by atoms with Gasteiger partial charge in [-0.2, -0.15) is 5.10 Å². The molecule has 0 amide bonds. The SMILES string of the molecule is CC1=CCN2N=C(C)[C@@H]12. The van der Waals surface area contributed by atoms with Crippen molar-refractivity contribution in [3.05, 3.63) is 11.6 Å². The molecule has 0 aromatic rings. The first-order valence-electron chi connectivity index (χ1n) is 3.27. The van der Waals surface area contributed by atoms with E-state index in [9.17, 15) is 0 Å². The molecule has 9 heavy (non-hydrogen) atoms. The molecule has 0 saturated heterocycles. The third kappa shape index (κ3) is 0.479. The monoisotopic (exact) mass is 122 g/mol. The number of hydrazone groups is 1. The molecule has 2 aliphatic rings. The summed E-state index contributed by atoms with van der Waals surface area (Å²) in [6.45, 7) is 5.28. The molecule has 2 aliphatic heterocycles. The standard InChI is InChI=1S/C7H10N2/c1-5-3-4-9-7(5)6(2)8-9/h3,7H,4H2,1-2H3/t7-/m1/s1. The van der Waals surface area contributed by atoms with Crippen LogP contribution in [0.15, 0.2) is 16.8 Å². The van der Waals surface area contributed by atoms with E-state index in [4.69, 9.17) is 0 Å². The van der Waals surface area contributed by atoms with Gasteiger partial charge in [0.05, 0.1) is 12.3 Å². The molecule has 2 heteroatoms. The van der Waals surface area contributed by atoms with Crippen LogP contribution in [0.3, 0.4) is 0 Å². The lowest BCUT2D eigenvalue weighted by Gasteiger charge is -2.32. The van der Waals surface area contributed by atoms with Crippen LogP contribution in [0, 0.1) is 0 Å². The third-order valence-electron chi connectivity index (χ3n) is 2.01. The predicted molar refractivity (Wildman–Crippen MR) is 37.4 cm³/mol. The summed E-state index contributed by atoms with van der Waals surface area (Å²) in [7, 11) is 0. The molecule has 0 N–H and O–H groups in total. The molecule has 0 fully saturated rings. The second-order valence-corrected chi connectivity index (χ2v) is 2.71. The maximum absolute atomic E-state index is 4.23. The van der Waals surface area contributed by atoms with Crippen LogP contribution in [0.1, 0.15) is 13.8 Å². The fourth-order valence-corrected chi connectivity index (χ4v) is 1.53. The van der Waals surface area contributed by atoms with Crippen molar-refractivity contribution in [2.75, 3.05) is 6.54 Å². The van der Waals surface area contributed by atoms with Crippen molar-refractivity contribution in [1.29, 1.82) is 0 Å². The Morgan fingerprint density at radius 3 is 2.89 bits per heavy atom. The Morgan fingerprint density at radius 2 is 2.44 bits per heavy atom. The van der Waals surface area contributed by atoms with E-state index in [0.717, 1.165) is 6.54 Å². The van der Waals surface area contributed by atoms with E-state index in [1.165, 1.54) is 11.3 Å². The first-order valence-corrected chi connectivity index (χ1v) is 3.27. The van der Waals surface area contributed by atoms with Crippen molar-refractivity contribution in [3.8, 4) is 0 Å². The van der Waals surface area contributed by atoms with Gasteiger partial charge in [-0.05, 0) is 19.4 Å². The lowest BCUT2D eigenvalue weighted by molar-refractivity contribution is 0.283. The summed E-state index contributed by atoms with van der Waals surface area (Å²) >= 11 is 0. The van der Waals surface area contributed by atoms with Crippen LogP contribution in [0.2, 0.25) is 0 Å². The van der Waals surface area contributed by atoms with Crippen molar-refractivity contribution < 1.29 is 0 Å². The normalized spacial score (nSPS) is 30.9. The Morgan fingerprint density at radius 1 is 1.67 bits per heavy atom. The fraction of sp³-hybridized carbons (Fsp3) is 0.571. The topological polar surface area (TPSA) is 15.6 Å². The molecule has 2 nitrogen and oxygen atoms in total. The van der Waals surface area contributed by atoms with Crippen LogP contribution in [0.25, 0.3) is 0 Å². The zero-order chi connectivity index (χ0) is 6.43. The van der Waals surface area contributed by atoms with Gasteiger partial charge in [0.1, 0.15) is 6.04 Å². The molecule has 0 saturated carbocycles. The zero-order valence-corrected chi connectivity index (χ0v) is 5.76. The summed E-state index contributed by atoms with van der Waals surface area (Å²) in [4.78, 5) is 0. The maximum Gasteiger partial charge on any atom is 0.108 e. The molecule has 0 aromatic heterocycles. The van der Waals surface area contributed by atoms with Crippen LogP contribution in [-0.2, 0) is 0 Å². The first kappa shape index (κ1) is 5.03. The molecule has 2 rings (SSSR count). The number of nitrogens with zero attached hydrogens (tertiary/aromatic N) is 2. The molecule has 0 bridgehead atoms. The van der Waals surface area contributed by atoms with Gasteiger partial charge in [0.2, 0.25) is 0 Å². The molecule has 0 unspecified atom stereocenters. The predicted octanol–water partition coefficient (Wildman–Crippen LogP) is 1.01. The Labute approximate surface area is 54.9 Å². The van der Waals surface area contributed by atoms with Crippen molar-refractivity contribution in [2.45, 2.75) is 19.9 Å². The molecule has 1 atom stereocenters. The molecular formula is C7H10N2. The fourth-order valence-electron chi connectivity index (χ4n) is 1.53. The zero-order valence-electron chi connectivity index (χ0n) is 5.76. The molecule has 0 aliphatic carbocycles. The highest BCUT2D eigenvalue weighted by Gasteiger charge is 2.33. The first-order chi connectivity index (χ1) is 4.29. The highest BCUT2D eigenvalue weighted by molar-refractivity contribution is 5.94. The van der Waals surface area contributed by atoms with E-state index >= 15 is 0 Å². The van der Waals surface area contributed by atoms with Crippen molar-refractivity contribution in [2.24, 2.45) is 5.10 Å². The second kappa shape index (κ2) is 1.38. The lowest BCUT2D eigenvalue weighted by Crippen LogP contribution is -2.42. The highest BCUT2D eigenvalue weighted by Crippen LogP contribution is 2.26. The van der Waals surface area contributed by atoms with Gasteiger partial charge in [-0.15, -0.1) is 0 Å². The quantitative estimate of drug-likeness (QED) is 0.438. The summed E-state index contributed by atoms with van der Waals surface area (Å²) < 4.78 is 0. The lowest BCUT2D eigenvalue weighted by atomic mass is 10.1. The molecule has 0 aromatic carbocycles. The van der Waals surface area contributed by atoms with Gasteiger partial charge in [-0.1, -0.05) is 6.08 Å². The van der Waals surface area contributed by atoms with E-state index < -0.39 is 0 Å². The minimum Gasteiger partial charge on any atom is -0.280 e. The van der Waals surface area contributed by atoms with E-state index in [0.29, 0.717) is 6.04 Å². The average Bonchev–Trinajstić information content (AvgIpc) is 2.04. The number of hydrogen-bond donors (Lipinski definition) is 0. The van der Waals surface area contributed by atoms with E-state index in [1.54, 1.807) is 0 Å². The van der Waals surface area contributed by atoms with E-state index in [-0.39, 0.29) is 0 Å². The van der Waals surface area contributed by atoms with Gasteiger partial charge in [0, 0.05) is 0 Å². The Kier molecular flexibility index (Phi) is 0.770. The van der Waals surface area contributed by atoms with Crippen LogP contribution < -0.4 is 0 Å². The van der Waals surface area contributed by atoms with Crippen LogP contribution in [0.4, 0.5) is 0 Å². The van der Waals surface area contributed by atoms with Crippen molar-refractivity contribution in [1.82, 2.24) is 5.01 Å². The van der Waals surface area contributed by atoms with Gasteiger partial charge >= 0.3 is 0 Å². The van der Waals surface area contributed by atoms with Crippen LogP contribution in [-0.4, -0.2) is 23.3 Å².